The summed E-state index contributed by atoms with van der Waals surface area (Å²) in [4.78, 5) is 27.1. The lowest BCUT2D eigenvalue weighted by Gasteiger charge is -2.34. The lowest BCUT2D eigenvalue weighted by atomic mass is 9.81. The fourth-order valence-electron chi connectivity index (χ4n) is 5.03. The van der Waals surface area contributed by atoms with Crippen LogP contribution in [0.2, 0.25) is 0 Å². The molecule has 5 rings (SSSR count). The molecular weight excluding hydrogens is 542 g/mol. The Kier molecular flexibility index (Phi) is 6.78. The molecule has 2 unspecified atom stereocenters. The summed E-state index contributed by atoms with van der Waals surface area (Å²) in [6.07, 6.45) is -2.58. The van der Waals surface area contributed by atoms with Crippen molar-refractivity contribution in [3.05, 3.63) is 113 Å². The molecule has 0 saturated heterocycles. The summed E-state index contributed by atoms with van der Waals surface area (Å²) in [5.74, 6) is -3.91. The van der Waals surface area contributed by atoms with Gasteiger partial charge in [0.05, 0.1) is 16.8 Å². The van der Waals surface area contributed by atoms with Gasteiger partial charge in [-0.2, -0.15) is 18.3 Å². The zero-order valence-electron chi connectivity index (χ0n) is 21.7. The Morgan fingerprint density at radius 3 is 2.32 bits per heavy atom. The molecule has 3 aromatic rings. The van der Waals surface area contributed by atoms with Gasteiger partial charge in [0.1, 0.15) is 11.9 Å². The summed E-state index contributed by atoms with van der Waals surface area (Å²) in [7, 11) is 0. The predicted octanol–water partition coefficient (Wildman–Crippen LogP) is 5.27. The maximum Gasteiger partial charge on any atom is 0.416 e. The summed E-state index contributed by atoms with van der Waals surface area (Å²) in [6.45, 7) is 3.46. The molecule has 0 spiro atoms. The number of amides is 1. The minimum atomic E-state index is -4.91. The van der Waals surface area contributed by atoms with Crippen LogP contribution >= 0.6 is 0 Å². The molecule has 0 saturated carbocycles. The number of carbonyl (C=O) groups excluding carboxylic acids is 1. The van der Waals surface area contributed by atoms with E-state index >= 15 is 4.39 Å². The van der Waals surface area contributed by atoms with Gasteiger partial charge in [0.2, 0.25) is 0 Å². The lowest BCUT2D eigenvalue weighted by Crippen LogP contribution is -2.58. The normalized spacial score (nSPS) is 21.2. The third-order valence-corrected chi connectivity index (χ3v) is 6.92. The van der Waals surface area contributed by atoms with Crippen LogP contribution in [0.25, 0.3) is 5.57 Å². The Hall–Kier alpha value is -4.77. The van der Waals surface area contributed by atoms with E-state index in [1.54, 1.807) is 62.4 Å². The van der Waals surface area contributed by atoms with Crippen LogP contribution in [0.3, 0.4) is 0 Å². The molecule has 0 radical (unpaired) electrons. The molecular formula is C30H23F4N3O4. The molecule has 2 atom stereocenters. The second-order valence-electron chi connectivity index (χ2n) is 9.83. The maximum absolute atomic E-state index is 15.4. The lowest BCUT2D eigenvalue weighted by molar-refractivity contribution is -0.145. The van der Waals surface area contributed by atoms with Gasteiger partial charge < -0.3 is 10.2 Å². The zero-order valence-corrected chi connectivity index (χ0v) is 21.7. The van der Waals surface area contributed by atoms with E-state index in [0.29, 0.717) is 22.8 Å². The molecule has 0 bridgehead atoms. The molecule has 1 heterocycles. The number of aliphatic carboxylic acids is 1. The summed E-state index contributed by atoms with van der Waals surface area (Å²) in [5.41, 5.74) is -0.510. The number of benzene rings is 3. The van der Waals surface area contributed by atoms with Gasteiger partial charge in [-0.05, 0) is 66.5 Å². The van der Waals surface area contributed by atoms with Crippen molar-refractivity contribution < 1.29 is 37.4 Å². The fraction of sp³-hybridized carbons (Fsp3) is 0.167. The number of alkyl halides is 3. The van der Waals surface area contributed by atoms with Crippen LogP contribution < -0.4 is 10.3 Å². The van der Waals surface area contributed by atoms with Gasteiger partial charge in [-0.1, -0.05) is 48.6 Å². The summed E-state index contributed by atoms with van der Waals surface area (Å²) in [6, 6.07) is 14.3. The number of hydrazone groups is 1. The first-order valence-corrected chi connectivity index (χ1v) is 12.4. The van der Waals surface area contributed by atoms with E-state index in [1.807, 2.05) is 0 Å². The van der Waals surface area contributed by atoms with E-state index in [0.717, 1.165) is 11.0 Å². The Labute approximate surface area is 231 Å². The number of hydrogen-bond donors (Lipinski definition) is 3. The zero-order chi connectivity index (χ0) is 29.7. The second kappa shape index (κ2) is 10.0. The number of carboxylic acids is 1. The van der Waals surface area contributed by atoms with Crippen LogP contribution in [-0.2, 0) is 15.8 Å². The molecule has 0 fully saturated rings. The highest BCUT2D eigenvalue weighted by molar-refractivity contribution is 6.55. The average Bonchev–Trinajstić information content (AvgIpc) is 3.19. The van der Waals surface area contributed by atoms with Crippen LogP contribution in [0.5, 0.6) is 0 Å². The number of carboxylic acid groups (broad SMARTS) is 1. The molecule has 2 aliphatic rings. The van der Waals surface area contributed by atoms with Crippen molar-refractivity contribution in [1.29, 1.82) is 0 Å². The second-order valence-corrected chi connectivity index (χ2v) is 9.83. The first-order valence-electron chi connectivity index (χ1n) is 12.4. The molecule has 1 aliphatic heterocycles. The average molecular weight is 566 g/mol. The number of rotatable bonds is 5. The predicted molar refractivity (Wildman–Crippen MR) is 144 cm³/mol. The summed E-state index contributed by atoms with van der Waals surface area (Å²) >= 11 is 0. The maximum atomic E-state index is 15.4. The fourth-order valence-corrected chi connectivity index (χ4v) is 5.03. The van der Waals surface area contributed by atoms with E-state index in [-0.39, 0.29) is 17.3 Å². The number of halogens is 4. The van der Waals surface area contributed by atoms with Crippen LogP contribution in [-0.4, -0.2) is 39.4 Å². The number of fused-ring (bicyclic) bond motifs is 1. The number of nitrogens with zero attached hydrogens (tertiary/aromatic N) is 2. The number of carbonyl (C=O) groups is 2. The van der Waals surface area contributed by atoms with Crippen molar-refractivity contribution in [2.75, 3.05) is 4.90 Å². The largest absolute Gasteiger partial charge is 0.479 e. The Bertz CT molecular complexity index is 1640. The van der Waals surface area contributed by atoms with Gasteiger partial charge in [0, 0.05) is 5.69 Å². The molecule has 1 aliphatic carbocycles. The topological polar surface area (TPSA) is 102 Å². The van der Waals surface area contributed by atoms with Crippen LogP contribution in [0.15, 0.2) is 84.0 Å². The number of anilines is 2. The minimum absolute atomic E-state index is 0.178. The highest BCUT2D eigenvalue weighted by Crippen LogP contribution is 2.42. The number of aryl methyl sites for hydroxylation is 2. The first-order chi connectivity index (χ1) is 19.3. The van der Waals surface area contributed by atoms with E-state index < -0.39 is 58.0 Å². The summed E-state index contributed by atoms with van der Waals surface area (Å²) in [5, 5.41) is 25.3. The van der Waals surface area contributed by atoms with Crippen molar-refractivity contribution in [2.24, 2.45) is 5.10 Å². The molecule has 1 amide bonds. The van der Waals surface area contributed by atoms with Gasteiger partial charge in [-0.15, -0.1) is 0 Å². The smallest absolute Gasteiger partial charge is 0.416 e. The van der Waals surface area contributed by atoms with Crippen molar-refractivity contribution in [2.45, 2.75) is 31.7 Å². The SMILES string of the molecule is Cc1cc(C)cc(N2C(=O)C(=NNC3(C(=O)O)C=CC=C(c4ccccc4)C3O)c3c(F)cc(C(F)(F)F)cc32)c1. The van der Waals surface area contributed by atoms with Crippen LogP contribution in [0, 0.1) is 19.7 Å². The number of aliphatic hydroxyl groups is 1. The third kappa shape index (κ3) is 4.78. The third-order valence-electron chi connectivity index (χ3n) is 6.92. The summed E-state index contributed by atoms with van der Waals surface area (Å²) < 4.78 is 56.2. The van der Waals surface area contributed by atoms with Gasteiger partial charge in [-0.3, -0.25) is 15.1 Å². The van der Waals surface area contributed by atoms with Crippen molar-refractivity contribution >= 4 is 34.5 Å². The number of nitrogens with one attached hydrogen (secondary N) is 1. The molecule has 41 heavy (non-hydrogen) atoms. The number of allylic oxidation sites excluding steroid dienone is 2. The van der Waals surface area contributed by atoms with Gasteiger partial charge in [0.15, 0.2) is 11.3 Å². The Morgan fingerprint density at radius 1 is 1.05 bits per heavy atom. The number of aliphatic hydroxyl groups excluding tert-OH is 1. The Balaban J connectivity index is 1.64. The molecule has 3 aromatic carbocycles. The van der Waals surface area contributed by atoms with E-state index in [1.165, 1.54) is 12.2 Å². The highest BCUT2D eigenvalue weighted by Gasteiger charge is 2.48. The van der Waals surface area contributed by atoms with Crippen molar-refractivity contribution in [1.82, 2.24) is 5.43 Å². The van der Waals surface area contributed by atoms with E-state index in [4.69, 9.17) is 0 Å². The van der Waals surface area contributed by atoms with Gasteiger partial charge in [-0.25, -0.2) is 9.18 Å². The minimum Gasteiger partial charge on any atom is -0.479 e. The highest BCUT2D eigenvalue weighted by atomic mass is 19.4. The Morgan fingerprint density at radius 2 is 1.71 bits per heavy atom. The van der Waals surface area contributed by atoms with Gasteiger partial charge in [0.25, 0.3) is 5.91 Å². The van der Waals surface area contributed by atoms with Crippen LogP contribution in [0.4, 0.5) is 28.9 Å². The quantitative estimate of drug-likeness (QED) is 0.289. The molecule has 210 valence electrons. The van der Waals surface area contributed by atoms with E-state index in [2.05, 4.69) is 10.5 Å². The van der Waals surface area contributed by atoms with Crippen molar-refractivity contribution in [3.8, 4) is 0 Å². The molecule has 0 aromatic heterocycles. The molecule has 11 heteroatoms. The van der Waals surface area contributed by atoms with Gasteiger partial charge >= 0.3 is 12.1 Å². The monoisotopic (exact) mass is 565 g/mol. The number of hydrogen-bond acceptors (Lipinski definition) is 5. The standard InChI is InChI=1S/C30H23F4N3O4/c1-16-11-17(2)13-20(12-16)37-23-15-19(30(32,33)34)14-22(31)24(23)25(27(37)39)35-36-29(28(40)41)10-6-9-21(26(29)38)18-7-4-3-5-8-18/h3-15,26,36,38H,1-2H3,(H,40,41). The van der Waals surface area contributed by atoms with Crippen molar-refractivity contribution in [3.63, 3.8) is 0 Å². The van der Waals surface area contributed by atoms with Crippen LogP contribution in [0.1, 0.15) is 27.8 Å². The molecule has 7 nitrogen and oxygen atoms in total. The molecule has 3 N–H and O–H groups in total. The van der Waals surface area contributed by atoms with E-state index in [9.17, 15) is 33.0 Å². The first kappa shape index (κ1) is 27.8.